The largest absolute Gasteiger partial charge is 0.463 e. The van der Waals surface area contributed by atoms with Gasteiger partial charge in [0.25, 0.3) is 5.69 Å². The molecule has 2 aromatic rings. The van der Waals surface area contributed by atoms with Crippen molar-refractivity contribution in [3.8, 4) is 6.07 Å². The molecule has 0 fully saturated rings. The molecule has 0 aliphatic carbocycles. The number of non-ortho nitro benzene ring substituents is 1. The van der Waals surface area contributed by atoms with E-state index in [9.17, 15) is 20.2 Å². The molecule has 0 saturated heterocycles. The van der Waals surface area contributed by atoms with E-state index < -0.39 is 16.8 Å². The lowest BCUT2D eigenvalue weighted by Gasteiger charge is -2.28. The third kappa shape index (κ3) is 4.70. The molecule has 0 saturated carbocycles. The Morgan fingerprint density at radius 1 is 1.23 bits per heavy atom. The number of carbonyl (C=O) groups is 1. The first-order valence-electron chi connectivity index (χ1n) is 9.73. The highest BCUT2D eigenvalue weighted by atomic mass is 16.6. The summed E-state index contributed by atoms with van der Waals surface area (Å²) in [4.78, 5) is 23.8. The van der Waals surface area contributed by atoms with Crippen molar-refractivity contribution in [2.75, 3.05) is 6.61 Å². The van der Waals surface area contributed by atoms with E-state index in [0.29, 0.717) is 22.5 Å². The van der Waals surface area contributed by atoms with Crippen molar-refractivity contribution < 1.29 is 14.5 Å². The highest BCUT2D eigenvalue weighted by Crippen LogP contribution is 2.39. The smallest absolute Gasteiger partial charge is 0.337 e. The number of dihydropyridines is 1. The first-order chi connectivity index (χ1) is 15.0. The van der Waals surface area contributed by atoms with Crippen molar-refractivity contribution in [1.29, 1.82) is 5.26 Å². The lowest BCUT2D eigenvalue weighted by atomic mass is 9.80. The van der Waals surface area contributed by atoms with Crippen molar-refractivity contribution in [3.63, 3.8) is 0 Å². The first-order valence-corrected chi connectivity index (χ1v) is 9.73. The first kappa shape index (κ1) is 21.5. The monoisotopic (exact) mass is 415 g/mol. The molecular formula is C24H21N3O4. The van der Waals surface area contributed by atoms with Crippen molar-refractivity contribution in [2.24, 2.45) is 0 Å². The Balaban J connectivity index is 2.20. The summed E-state index contributed by atoms with van der Waals surface area (Å²) >= 11 is 0. The van der Waals surface area contributed by atoms with Gasteiger partial charge in [0.2, 0.25) is 0 Å². The molecule has 0 radical (unpaired) electrons. The van der Waals surface area contributed by atoms with Crippen LogP contribution >= 0.6 is 0 Å². The zero-order valence-corrected chi connectivity index (χ0v) is 17.2. The lowest BCUT2D eigenvalue weighted by molar-refractivity contribution is -0.384. The molecule has 0 spiro atoms. The van der Waals surface area contributed by atoms with Gasteiger partial charge in [-0.25, -0.2) is 4.79 Å². The predicted molar refractivity (Wildman–Crippen MR) is 116 cm³/mol. The minimum absolute atomic E-state index is 0.115. The van der Waals surface area contributed by atoms with E-state index in [2.05, 4.69) is 11.4 Å². The van der Waals surface area contributed by atoms with Crippen molar-refractivity contribution in [1.82, 2.24) is 5.32 Å². The van der Waals surface area contributed by atoms with E-state index in [1.165, 1.54) is 12.1 Å². The molecule has 1 atom stereocenters. The number of nitro groups is 1. The Bertz CT molecular complexity index is 1140. The third-order valence-corrected chi connectivity index (χ3v) is 4.87. The normalized spacial score (nSPS) is 16.1. The van der Waals surface area contributed by atoms with Crippen LogP contribution < -0.4 is 5.32 Å². The van der Waals surface area contributed by atoms with Crippen molar-refractivity contribution >= 4 is 17.7 Å². The van der Waals surface area contributed by atoms with E-state index in [1.54, 1.807) is 32.1 Å². The molecular weight excluding hydrogens is 394 g/mol. The van der Waals surface area contributed by atoms with Gasteiger partial charge in [-0.2, -0.15) is 5.26 Å². The van der Waals surface area contributed by atoms with Gasteiger partial charge in [-0.3, -0.25) is 10.1 Å². The second-order valence-corrected chi connectivity index (χ2v) is 6.85. The van der Waals surface area contributed by atoms with Crippen LogP contribution in [0.25, 0.3) is 6.08 Å². The second-order valence-electron chi connectivity index (χ2n) is 6.85. The Kier molecular flexibility index (Phi) is 6.63. The maximum absolute atomic E-state index is 13.0. The number of nitro benzene ring substituents is 1. The molecule has 2 aromatic carbocycles. The van der Waals surface area contributed by atoms with Gasteiger partial charge in [0.05, 0.1) is 34.7 Å². The fraction of sp³-hybridized carbons (Fsp3) is 0.167. The van der Waals surface area contributed by atoms with E-state index in [-0.39, 0.29) is 17.9 Å². The summed E-state index contributed by atoms with van der Waals surface area (Å²) in [5.74, 6) is -1.37. The van der Waals surface area contributed by atoms with Gasteiger partial charge in [0.15, 0.2) is 0 Å². The summed E-state index contributed by atoms with van der Waals surface area (Å²) in [6.45, 7) is 3.59. The zero-order valence-electron chi connectivity index (χ0n) is 17.2. The molecule has 31 heavy (non-hydrogen) atoms. The summed E-state index contributed by atoms with van der Waals surface area (Å²) in [6, 6.07) is 17.7. The number of ether oxygens (including phenoxy) is 1. The van der Waals surface area contributed by atoms with E-state index in [1.807, 2.05) is 36.4 Å². The van der Waals surface area contributed by atoms with Crippen LogP contribution in [-0.4, -0.2) is 17.5 Å². The summed E-state index contributed by atoms with van der Waals surface area (Å²) < 4.78 is 5.28. The van der Waals surface area contributed by atoms with Gasteiger partial charge in [0, 0.05) is 23.5 Å². The van der Waals surface area contributed by atoms with Gasteiger partial charge >= 0.3 is 5.97 Å². The van der Waals surface area contributed by atoms with Crippen LogP contribution in [0, 0.1) is 21.4 Å². The van der Waals surface area contributed by atoms with Crippen LogP contribution in [0.15, 0.2) is 83.2 Å². The average Bonchev–Trinajstić information content (AvgIpc) is 2.78. The number of hydrogen-bond acceptors (Lipinski definition) is 6. The standard InChI is InChI=1S/C24H21N3O4/c1-3-31-24(28)23-21(13-12-17-8-5-4-6-9-17)26-16(2)20(15-25)22(23)18-10-7-11-19(14-18)27(29)30/h4-14,22,26H,3H2,1-2H3/b13-12+. The second kappa shape index (κ2) is 9.55. The van der Waals surface area contributed by atoms with Crippen molar-refractivity contribution in [2.45, 2.75) is 19.8 Å². The van der Waals surface area contributed by atoms with Crippen LogP contribution in [0.4, 0.5) is 5.69 Å². The highest BCUT2D eigenvalue weighted by molar-refractivity contribution is 5.94. The molecule has 3 rings (SSSR count). The quantitative estimate of drug-likeness (QED) is 0.420. The van der Waals surface area contributed by atoms with Crippen molar-refractivity contribution in [3.05, 3.63) is 104 Å². The van der Waals surface area contributed by atoms with Crippen LogP contribution in [0.5, 0.6) is 0 Å². The lowest BCUT2D eigenvalue weighted by Crippen LogP contribution is -2.29. The van der Waals surface area contributed by atoms with Crippen LogP contribution in [0.3, 0.4) is 0 Å². The Morgan fingerprint density at radius 3 is 2.61 bits per heavy atom. The average molecular weight is 415 g/mol. The Hall–Kier alpha value is -4.18. The molecule has 1 aliphatic heterocycles. The van der Waals surface area contributed by atoms with Gasteiger partial charge in [0.1, 0.15) is 0 Å². The molecule has 1 unspecified atom stereocenters. The third-order valence-electron chi connectivity index (χ3n) is 4.87. The fourth-order valence-corrected chi connectivity index (χ4v) is 3.46. The summed E-state index contributed by atoms with van der Waals surface area (Å²) in [5, 5.41) is 24.2. The highest BCUT2D eigenvalue weighted by Gasteiger charge is 2.35. The van der Waals surface area contributed by atoms with Crippen LogP contribution in [-0.2, 0) is 9.53 Å². The number of benzene rings is 2. The number of carbonyl (C=O) groups excluding carboxylic acids is 1. The molecule has 1 aliphatic rings. The molecule has 7 heteroatoms. The van der Waals surface area contributed by atoms with Gasteiger partial charge in [-0.05, 0) is 31.1 Å². The number of hydrogen-bond donors (Lipinski definition) is 1. The maximum Gasteiger partial charge on any atom is 0.337 e. The minimum atomic E-state index is -0.791. The number of rotatable bonds is 6. The van der Waals surface area contributed by atoms with Gasteiger partial charge < -0.3 is 10.1 Å². The van der Waals surface area contributed by atoms with Crippen LogP contribution in [0.1, 0.15) is 30.9 Å². The van der Waals surface area contributed by atoms with E-state index in [0.717, 1.165) is 5.56 Å². The molecule has 1 heterocycles. The van der Waals surface area contributed by atoms with Gasteiger partial charge in [-0.1, -0.05) is 48.5 Å². The Labute approximate surface area is 180 Å². The summed E-state index contributed by atoms with van der Waals surface area (Å²) in [6.07, 6.45) is 3.60. The topological polar surface area (TPSA) is 105 Å². The van der Waals surface area contributed by atoms with Crippen LogP contribution in [0.2, 0.25) is 0 Å². The molecule has 0 aromatic heterocycles. The van der Waals surface area contributed by atoms with Gasteiger partial charge in [-0.15, -0.1) is 0 Å². The predicted octanol–water partition coefficient (Wildman–Crippen LogP) is 4.61. The zero-order chi connectivity index (χ0) is 22.4. The number of nitrogens with one attached hydrogen (secondary N) is 1. The molecule has 7 nitrogen and oxygen atoms in total. The summed E-state index contributed by atoms with van der Waals surface area (Å²) in [7, 11) is 0. The van der Waals surface area contributed by atoms with E-state index >= 15 is 0 Å². The SMILES string of the molecule is CCOC(=O)C1=C(/C=C/c2ccccc2)NC(C)=C(C#N)C1c1cccc([N+](=O)[O-])c1. The summed E-state index contributed by atoms with van der Waals surface area (Å²) in [5.41, 5.74) is 2.88. The number of nitrogens with zero attached hydrogens (tertiary/aromatic N) is 2. The van der Waals surface area contributed by atoms with E-state index in [4.69, 9.17) is 4.74 Å². The molecule has 1 N–H and O–H groups in total. The minimum Gasteiger partial charge on any atom is -0.463 e. The molecule has 0 bridgehead atoms. The Morgan fingerprint density at radius 2 is 1.97 bits per heavy atom. The number of esters is 1. The number of nitriles is 1. The molecule has 0 amide bonds. The molecule has 156 valence electrons. The number of allylic oxidation sites excluding steroid dienone is 3. The fourth-order valence-electron chi connectivity index (χ4n) is 3.46. The maximum atomic E-state index is 13.0.